The van der Waals surface area contributed by atoms with Gasteiger partial charge in [0.15, 0.2) is 0 Å². The SMILES string of the molecule is C=CC(=O)OC(CCC)C(c1ccccc1)N(C)C.I. The first-order chi connectivity index (χ1) is 9.10. The molecule has 1 rings (SSSR count). The average molecular weight is 389 g/mol. The fourth-order valence-corrected chi connectivity index (χ4v) is 2.26. The monoisotopic (exact) mass is 389 g/mol. The van der Waals surface area contributed by atoms with Crippen molar-refractivity contribution in [1.29, 1.82) is 0 Å². The van der Waals surface area contributed by atoms with Crippen molar-refractivity contribution in [3.05, 3.63) is 48.6 Å². The van der Waals surface area contributed by atoms with Crippen LogP contribution in [-0.2, 0) is 9.53 Å². The standard InChI is InChI=1S/C16H23NO2.HI/c1-5-10-14(19-15(18)6-2)16(17(3)4)13-11-8-7-9-12-13;/h6-9,11-12,14,16H,2,5,10H2,1,3-4H3;1H. The van der Waals surface area contributed by atoms with E-state index < -0.39 is 0 Å². The molecule has 1 aromatic rings. The van der Waals surface area contributed by atoms with Crippen molar-refractivity contribution in [2.24, 2.45) is 0 Å². The number of benzene rings is 1. The summed E-state index contributed by atoms with van der Waals surface area (Å²) < 4.78 is 5.52. The zero-order valence-electron chi connectivity index (χ0n) is 12.4. The molecule has 0 aliphatic rings. The van der Waals surface area contributed by atoms with Gasteiger partial charge in [0, 0.05) is 6.08 Å². The van der Waals surface area contributed by atoms with E-state index in [2.05, 4.69) is 30.5 Å². The van der Waals surface area contributed by atoms with Crippen LogP contribution >= 0.6 is 24.0 Å². The number of carbonyl (C=O) groups excluding carboxylic acids is 1. The Kier molecular flexibility index (Phi) is 9.50. The Morgan fingerprint density at radius 1 is 1.35 bits per heavy atom. The highest BCUT2D eigenvalue weighted by Crippen LogP contribution is 2.27. The van der Waals surface area contributed by atoms with Crippen LogP contribution in [0, 0.1) is 0 Å². The van der Waals surface area contributed by atoms with E-state index in [1.54, 1.807) is 0 Å². The van der Waals surface area contributed by atoms with Crippen molar-refractivity contribution < 1.29 is 9.53 Å². The lowest BCUT2D eigenvalue weighted by Crippen LogP contribution is -2.34. The van der Waals surface area contributed by atoms with Crippen LogP contribution in [0.15, 0.2) is 43.0 Å². The van der Waals surface area contributed by atoms with E-state index in [1.807, 2.05) is 32.3 Å². The summed E-state index contributed by atoms with van der Waals surface area (Å²) in [7, 11) is 4.00. The zero-order valence-corrected chi connectivity index (χ0v) is 14.7. The molecule has 0 saturated heterocycles. The lowest BCUT2D eigenvalue weighted by Gasteiger charge is -2.32. The van der Waals surface area contributed by atoms with Crippen LogP contribution in [-0.4, -0.2) is 31.1 Å². The highest BCUT2D eigenvalue weighted by atomic mass is 127. The third-order valence-electron chi connectivity index (χ3n) is 3.06. The maximum atomic E-state index is 11.5. The van der Waals surface area contributed by atoms with Gasteiger partial charge in [-0.3, -0.25) is 4.90 Å². The second-order valence-electron chi connectivity index (χ2n) is 4.79. The molecule has 0 saturated carbocycles. The minimum Gasteiger partial charge on any atom is -0.457 e. The molecule has 3 nitrogen and oxygen atoms in total. The van der Waals surface area contributed by atoms with E-state index in [0.29, 0.717) is 0 Å². The smallest absolute Gasteiger partial charge is 0.330 e. The molecular formula is C16H24INO2. The number of ether oxygens (including phenoxy) is 1. The fourth-order valence-electron chi connectivity index (χ4n) is 2.26. The number of nitrogens with zero attached hydrogens (tertiary/aromatic N) is 1. The number of halogens is 1. The summed E-state index contributed by atoms with van der Waals surface area (Å²) in [5.74, 6) is -0.360. The minimum absolute atomic E-state index is 0. The summed E-state index contributed by atoms with van der Waals surface area (Å²) >= 11 is 0. The molecule has 0 heterocycles. The topological polar surface area (TPSA) is 29.5 Å². The molecule has 0 aromatic heterocycles. The Morgan fingerprint density at radius 2 is 1.95 bits per heavy atom. The quantitative estimate of drug-likeness (QED) is 0.404. The first-order valence-electron chi connectivity index (χ1n) is 6.64. The molecular weight excluding hydrogens is 365 g/mol. The number of hydrogen-bond acceptors (Lipinski definition) is 3. The van der Waals surface area contributed by atoms with Crippen LogP contribution in [0.4, 0.5) is 0 Å². The Balaban J connectivity index is 0.00000361. The van der Waals surface area contributed by atoms with Crippen LogP contribution in [0.25, 0.3) is 0 Å². The van der Waals surface area contributed by atoms with Crippen molar-refractivity contribution in [1.82, 2.24) is 4.90 Å². The molecule has 0 spiro atoms. The number of esters is 1. The molecule has 20 heavy (non-hydrogen) atoms. The average Bonchev–Trinajstić information content (AvgIpc) is 2.39. The van der Waals surface area contributed by atoms with E-state index in [1.165, 1.54) is 6.08 Å². The van der Waals surface area contributed by atoms with Crippen molar-refractivity contribution in [2.45, 2.75) is 31.9 Å². The van der Waals surface area contributed by atoms with Gasteiger partial charge in [-0.2, -0.15) is 0 Å². The van der Waals surface area contributed by atoms with Gasteiger partial charge in [-0.15, -0.1) is 24.0 Å². The van der Waals surface area contributed by atoms with Crippen LogP contribution in [0.1, 0.15) is 31.4 Å². The molecule has 4 heteroatoms. The van der Waals surface area contributed by atoms with Crippen LogP contribution in [0.2, 0.25) is 0 Å². The van der Waals surface area contributed by atoms with Gasteiger partial charge in [-0.25, -0.2) is 4.79 Å². The summed E-state index contributed by atoms with van der Waals surface area (Å²) in [6.45, 7) is 5.55. The van der Waals surface area contributed by atoms with Crippen LogP contribution < -0.4 is 0 Å². The Bertz CT molecular complexity index is 406. The normalized spacial score (nSPS) is 13.2. The predicted molar refractivity (Wildman–Crippen MR) is 93.3 cm³/mol. The molecule has 0 amide bonds. The van der Waals surface area contributed by atoms with Gasteiger partial charge in [0.1, 0.15) is 6.10 Å². The van der Waals surface area contributed by atoms with E-state index in [9.17, 15) is 4.79 Å². The van der Waals surface area contributed by atoms with Gasteiger partial charge in [-0.05, 0) is 26.1 Å². The second kappa shape index (κ2) is 9.94. The van der Waals surface area contributed by atoms with E-state index in [4.69, 9.17) is 4.74 Å². The third kappa shape index (κ3) is 5.63. The summed E-state index contributed by atoms with van der Waals surface area (Å²) in [5, 5.41) is 0. The number of rotatable bonds is 7. The zero-order chi connectivity index (χ0) is 14.3. The van der Waals surface area contributed by atoms with Gasteiger partial charge >= 0.3 is 5.97 Å². The van der Waals surface area contributed by atoms with Gasteiger partial charge in [0.05, 0.1) is 6.04 Å². The molecule has 2 atom stereocenters. The predicted octanol–water partition coefficient (Wildman–Crippen LogP) is 3.81. The Morgan fingerprint density at radius 3 is 2.40 bits per heavy atom. The molecule has 0 aliphatic carbocycles. The number of hydrogen-bond donors (Lipinski definition) is 0. The second-order valence-corrected chi connectivity index (χ2v) is 4.79. The Hall–Kier alpha value is -0.880. The van der Waals surface area contributed by atoms with Crippen LogP contribution in [0.3, 0.4) is 0 Å². The van der Waals surface area contributed by atoms with Gasteiger partial charge in [0.25, 0.3) is 0 Å². The maximum absolute atomic E-state index is 11.5. The van der Waals surface area contributed by atoms with Gasteiger partial charge in [-0.1, -0.05) is 50.3 Å². The maximum Gasteiger partial charge on any atom is 0.330 e. The highest BCUT2D eigenvalue weighted by Gasteiger charge is 2.27. The largest absolute Gasteiger partial charge is 0.457 e. The van der Waals surface area contributed by atoms with E-state index in [-0.39, 0.29) is 42.1 Å². The Labute approximate surface area is 139 Å². The summed E-state index contributed by atoms with van der Waals surface area (Å²) in [6, 6.07) is 10.2. The minimum atomic E-state index is -0.360. The molecule has 0 bridgehead atoms. The van der Waals surface area contributed by atoms with Crippen molar-refractivity contribution in [3.8, 4) is 0 Å². The molecule has 1 aromatic carbocycles. The summed E-state index contributed by atoms with van der Waals surface area (Å²) in [5.41, 5.74) is 1.16. The summed E-state index contributed by atoms with van der Waals surface area (Å²) in [4.78, 5) is 13.6. The number of carbonyl (C=O) groups is 1. The highest BCUT2D eigenvalue weighted by molar-refractivity contribution is 14.0. The lowest BCUT2D eigenvalue weighted by molar-refractivity contribution is -0.146. The fraction of sp³-hybridized carbons (Fsp3) is 0.438. The van der Waals surface area contributed by atoms with Crippen molar-refractivity contribution in [3.63, 3.8) is 0 Å². The van der Waals surface area contributed by atoms with Crippen LogP contribution in [0.5, 0.6) is 0 Å². The van der Waals surface area contributed by atoms with E-state index >= 15 is 0 Å². The molecule has 0 fully saturated rings. The molecule has 0 N–H and O–H groups in total. The van der Waals surface area contributed by atoms with Gasteiger partial charge in [0.2, 0.25) is 0 Å². The van der Waals surface area contributed by atoms with Crippen molar-refractivity contribution >= 4 is 29.9 Å². The first kappa shape index (κ1) is 19.1. The first-order valence-corrected chi connectivity index (χ1v) is 6.64. The van der Waals surface area contributed by atoms with Crippen molar-refractivity contribution in [2.75, 3.05) is 14.1 Å². The molecule has 112 valence electrons. The molecule has 2 unspecified atom stereocenters. The summed E-state index contributed by atoms with van der Waals surface area (Å²) in [6.07, 6.45) is 2.86. The number of likely N-dealkylation sites (N-methyl/N-ethyl adjacent to an activating group) is 1. The van der Waals surface area contributed by atoms with E-state index in [0.717, 1.165) is 18.4 Å². The lowest BCUT2D eigenvalue weighted by atomic mass is 9.97. The third-order valence-corrected chi connectivity index (χ3v) is 3.06. The van der Waals surface area contributed by atoms with Gasteiger partial charge < -0.3 is 4.74 Å². The molecule has 0 aliphatic heterocycles. The molecule has 0 radical (unpaired) electrons.